The van der Waals surface area contributed by atoms with Gasteiger partial charge in [0.25, 0.3) is 0 Å². The molecule has 6 heteroatoms. The minimum absolute atomic E-state index is 0.154. The highest BCUT2D eigenvalue weighted by molar-refractivity contribution is 6.00. The summed E-state index contributed by atoms with van der Waals surface area (Å²) in [7, 11) is 3.88. The molecule has 110 valence electrons. The number of aromatic carboxylic acids is 1. The summed E-state index contributed by atoms with van der Waals surface area (Å²) in [5.74, 6) is -1.41. The molecule has 2 rings (SSSR count). The standard InChI is InChI=1S/C14H20FN3O2/c1-17-6-5-9(7-17)8-18(2)11-4-3-10(15)13(16)12(11)14(19)20/h3-4,9H,5-8,16H2,1-2H3,(H,19,20). The molecule has 1 aliphatic heterocycles. The number of benzene rings is 1. The molecule has 1 heterocycles. The van der Waals surface area contributed by atoms with Crippen molar-refractivity contribution in [2.24, 2.45) is 5.92 Å². The van der Waals surface area contributed by atoms with E-state index in [1.54, 1.807) is 0 Å². The molecule has 0 radical (unpaired) electrons. The molecule has 0 saturated carbocycles. The van der Waals surface area contributed by atoms with Crippen molar-refractivity contribution in [3.05, 3.63) is 23.5 Å². The minimum Gasteiger partial charge on any atom is -0.478 e. The summed E-state index contributed by atoms with van der Waals surface area (Å²) >= 11 is 0. The molecule has 0 amide bonds. The average Bonchev–Trinajstić information content (AvgIpc) is 2.77. The number of halogens is 1. The summed E-state index contributed by atoms with van der Waals surface area (Å²) in [5, 5.41) is 9.24. The van der Waals surface area contributed by atoms with E-state index in [0.29, 0.717) is 11.6 Å². The summed E-state index contributed by atoms with van der Waals surface area (Å²) in [4.78, 5) is 15.4. The zero-order chi connectivity index (χ0) is 14.9. The van der Waals surface area contributed by atoms with Gasteiger partial charge < -0.3 is 20.6 Å². The number of anilines is 2. The zero-order valence-corrected chi connectivity index (χ0v) is 11.8. The molecule has 1 aromatic carbocycles. The van der Waals surface area contributed by atoms with E-state index in [9.17, 15) is 14.3 Å². The van der Waals surface area contributed by atoms with Crippen molar-refractivity contribution in [1.29, 1.82) is 0 Å². The maximum atomic E-state index is 13.4. The number of nitrogens with zero attached hydrogens (tertiary/aromatic N) is 2. The normalized spacial score (nSPS) is 19.2. The van der Waals surface area contributed by atoms with Gasteiger partial charge in [0.05, 0.1) is 11.4 Å². The first-order chi connectivity index (χ1) is 9.40. The lowest BCUT2D eigenvalue weighted by Crippen LogP contribution is -2.29. The van der Waals surface area contributed by atoms with Gasteiger partial charge in [-0.05, 0) is 38.1 Å². The van der Waals surface area contributed by atoms with Crippen molar-refractivity contribution in [2.75, 3.05) is 44.4 Å². The number of hydrogen-bond donors (Lipinski definition) is 2. The van der Waals surface area contributed by atoms with Crippen LogP contribution in [0.25, 0.3) is 0 Å². The smallest absolute Gasteiger partial charge is 0.340 e. The lowest BCUT2D eigenvalue weighted by atomic mass is 10.1. The Balaban J connectivity index is 2.23. The highest BCUT2D eigenvalue weighted by atomic mass is 19.1. The Labute approximate surface area is 117 Å². The van der Waals surface area contributed by atoms with Gasteiger partial charge >= 0.3 is 5.97 Å². The van der Waals surface area contributed by atoms with Crippen molar-refractivity contribution in [3.8, 4) is 0 Å². The van der Waals surface area contributed by atoms with E-state index in [2.05, 4.69) is 11.9 Å². The Kier molecular flexibility index (Phi) is 4.13. The van der Waals surface area contributed by atoms with Gasteiger partial charge in [-0.25, -0.2) is 9.18 Å². The van der Waals surface area contributed by atoms with Crippen molar-refractivity contribution < 1.29 is 14.3 Å². The quantitative estimate of drug-likeness (QED) is 0.818. The fourth-order valence-corrected chi connectivity index (χ4v) is 2.79. The van der Waals surface area contributed by atoms with Crippen LogP contribution in [0.4, 0.5) is 15.8 Å². The van der Waals surface area contributed by atoms with Crippen LogP contribution < -0.4 is 10.6 Å². The molecule has 1 atom stereocenters. The third-order valence-corrected chi connectivity index (χ3v) is 3.82. The SMILES string of the molecule is CN1CCC(CN(C)c2ccc(F)c(N)c2C(=O)O)C1. The predicted molar refractivity (Wildman–Crippen MR) is 76.6 cm³/mol. The van der Waals surface area contributed by atoms with Gasteiger partial charge in [0, 0.05) is 20.1 Å². The zero-order valence-electron chi connectivity index (χ0n) is 11.8. The lowest BCUT2D eigenvalue weighted by Gasteiger charge is -2.25. The Bertz CT molecular complexity index is 521. The van der Waals surface area contributed by atoms with E-state index in [0.717, 1.165) is 26.1 Å². The molecular weight excluding hydrogens is 261 g/mol. The fourth-order valence-electron chi connectivity index (χ4n) is 2.79. The van der Waals surface area contributed by atoms with Gasteiger partial charge in [0.2, 0.25) is 0 Å². The van der Waals surface area contributed by atoms with Crippen molar-refractivity contribution in [2.45, 2.75) is 6.42 Å². The molecule has 0 aromatic heterocycles. The largest absolute Gasteiger partial charge is 0.478 e. The Morgan fingerprint density at radius 1 is 1.60 bits per heavy atom. The van der Waals surface area contributed by atoms with E-state index in [1.807, 2.05) is 11.9 Å². The first kappa shape index (κ1) is 14.6. The van der Waals surface area contributed by atoms with Crippen molar-refractivity contribution in [3.63, 3.8) is 0 Å². The third-order valence-electron chi connectivity index (χ3n) is 3.82. The Morgan fingerprint density at radius 2 is 2.30 bits per heavy atom. The molecular formula is C14H20FN3O2. The summed E-state index contributed by atoms with van der Waals surface area (Å²) in [6.07, 6.45) is 1.08. The molecule has 1 aliphatic rings. The lowest BCUT2D eigenvalue weighted by molar-refractivity contribution is 0.0698. The van der Waals surface area contributed by atoms with E-state index >= 15 is 0 Å². The maximum absolute atomic E-state index is 13.4. The highest BCUT2D eigenvalue weighted by Crippen LogP contribution is 2.29. The predicted octanol–water partition coefficient (Wildman–Crippen LogP) is 1.49. The number of carbonyl (C=O) groups is 1. The van der Waals surface area contributed by atoms with Crippen LogP contribution in [0.3, 0.4) is 0 Å². The Morgan fingerprint density at radius 3 is 2.85 bits per heavy atom. The summed E-state index contributed by atoms with van der Waals surface area (Å²) in [6.45, 7) is 2.77. The van der Waals surface area contributed by atoms with Gasteiger partial charge in [0.1, 0.15) is 11.4 Å². The van der Waals surface area contributed by atoms with Gasteiger partial charge in [-0.2, -0.15) is 0 Å². The molecule has 0 bridgehead atoms. The van der Waals surface area contributed by atoms with Crippen LogP contribution in [0.5, 0.6) is 0 Å². The molecule has 0 aliphatic carbocycles. The van der Waals surface area contributed by atoms with E-state index in [4.69, 9.17) is 5.73 Å². The number of rotatable bonds is 4. The second kappa shape index (κ2) is 5.66. The number of carboxylic acids is 1. The van der Waals surface area contributed by atoms with Crippen LogP contribution in [-0.2, 0) is 0 Å². The van der Waals surface area contributed by atoms with Crippen LogP contribution in [0.15, 0.2) is 12.1 Å². The minimum atomic E-state index is -1.20. The molecule has 20 heavy (non-hydrogen) atoms. The van der Waals surface area contributed by atoms with Crippen LogP contribution >= 0.6 is 0 Å². The summed E-state index contributed by atoms with van der Waals surface area (Å²) in [6, 6.07) is 2.70. The second-order valence-electron chi connectivity index (χ2n) is 5.46. The first-order valence-corrected chi connectivity index (χ1v) is 6.61. The molecule has 1 aromatic rings. The number of hydrogen-bond acceptors (Lipinski definition) is 4. The van der Waals surface area contributed by atoms with Crippen LogP contribution in [0.1, 0.15) is 16.8 Å². The van der Waals surface area contributed by atoms with Gasteiger partial charge in [-0.15, -0.1) is 0 Å². The molecule has 1 unspecified atom stereocenters. The van der Waals surface area contributed by atoms with Crippen molar-refractivity contribution in [1.82, 2.24) is 4.90 Å². The van der Waals surface area contributed by atoms with Crippen LogP contribution in [-0.4, -0.2) is 49.7 Å². The average molecular weight is 281 g/mol. The van der Waals surface area contributed by atoms with Gasteiger partial charge in [-0.1, -0.05) is 0 Å². The van der Waals surface area contributed by atoms with Gasteiger partial charge in [0.15, 0.2) is 0 Å². The second-order valence-corrected chi connectivity index (χ2v) is 5.46. The van der Waals surface area contributed by atoms with E-state index in [1.165, 1.54) is 12.1 Å². The third kappa shape index (κ3) is 2.85. The molecule has 5 nitrogen and oxygen atoms in total. The topological polar surface area (TPSA) is 69.8 Å². The monoisotopic (exact) mass is 281 g/mol. The van der Waals surface area contributed by atoms with Crippen molar-refractivity contribution >= 4 is 17.3 Å². The number of carboxylic acid groups (broad SMARTS) is 1. The molecule has 0 spiro atoms. The van der Waals surface area contributed by atoms with Gasteiger partial charge in [-0.3, -0.25) is 0 Å². The molecule has 1 saturated heterocycles. The number of nitrogens with two attached hydrogens (primary N) is 1. The number of likely N-dealkylation sites (tertiary alicyclic amines) is 1. The molecule has 1 fully saturated rings. The summed E-state index contributed by atoms with van der Waals surface area (Å²) in [5.41, 5.74) is 5.57. The first-order valence-electron chi connectivity index (χ1n) is 6.61. The van der Waals surface area contributed by atoms with E-state index < -0.39 is 11.8 Å². The van der Waals surface area contributed by atoms with Crippen LogP contribution in [0.2, 0.25) is 0 Å². The molecule has 3 N–H and O–H groups in total. The fraction of sp³-hybridized carbons (Fsp3) is 0.500. The maximum Gasteiger partial charge on any atom is 0.340 e. The highest BCUT2D eigenvalue weighted by Gasteiger charge is 2.24. The Hall–Kier alpha value is -1.82. The summed E-state index contributed by atoms with van der Waals surface area (Å²) < 4.78 is 13.4. The van der Waals surface area contributed by atoms with Crippen LogP contribution in [0, 0.1) is 11.7 Å². The number of nitrogen functional groups attached to an aromatic ring is 1. The van der Waals surface area contributed by atoms with E-state index in [-0.39, 0.29) is 11.3 Å².